The van der Waals surface area contributed by atoms with Crippen LogP contribution in [0, 0.1) is 18.6 Å². The third-order valence-electron chi connectivity index (χ3n) is 2.56. The van der Waals surface area contributed by atoms with Gasteiger partial charge in [-0.2, -0.15) is 0 Å². The van der Waals surface area contributed by atoms with Crippen molar-refractivity contribution in [2.45, 2.75) is 6.92 Å². The van der Waals surface area contributed by atoms with E-state index in [1.54, 1.807) is 0 Å². The maximum absolute atomic E-state index is 13.6. The van der Waals surface area contributed by atoms with E-state index in [2.05, 4.69) is 15.3 Å². The van der Waals surface area contributed by atoms with Crippen LogP contribution in [-0.2, 0) is 0 Å². The Morgan fingerprint density at radius 2 is 2.00 bits per heavy atom. The molecular weight excluding hydrogens is 272 g/mol. The zero-order valence-corrected chi connectivity index (χ0v) is 10.2. The third-order valence-corrected chi connectivity index (χ3v) is 2.56. The molecule has 0 aliphatic rings. The maximum Gasteiger partial charge on any atom is 0.354 e. The minimum atomic E-state index is -1.39. The summed E-state index contributed by atoms with van der Waals surface area (Å²) in [4.78, 5) is 28.4. The van der Waals surface area contributed by atoms with Crippen LogP contribution in [0.2, 0.25) is 0 Å². The van der Waals surface area contributed by atoms with Gasteiger partial charge < -0.3 is 15.4 Å². The van der Waals surface area contributed by atoms with Gasteiger partial charge in [0.25, 0.3) is 5.91 Å². The Hall–Kier alpha value is -2.77. The molecule has 0 saturated heterocycles. The number of aromatic amines is 1. The van der Waals surface area contributed by atoms with Crippen molar-refractivity contribution >= 4 is 17.6 Å². The molecule has 1 aromatic heterocycles. The van der Waals surface area contributed by atoms with Crippen molar-refractivity contribution < 1.29 is 23.5 Å². The van der Waals surface area contributed by atoms with Gasteiger partial charge in [-0.25, -0.2) is 18.6 Å². The molecule has 2 rings (SSSR count). The molecule has 1 aromatic carbocycles. The Balaban J connectivity index is 2.30. The third kappa shape index (κ3) is 2.48. The van der Waals surface area contributed by atoms with E-state index in [9.17, 15) is 18.4 Å². The molecule has 1 heterocycles. The number of nitrogens with zero attached hydrogens (tertiary/aromatic N) is 1. The standard InChI is InChI=1S/C12H9F2N3O3/c1-5-2-7(14)8(3-6(5)13)17-11(18)9-10(12(19)20)16-4-15-9/h2-4H,1H3,(H,15,16)(H,17,18)(H,19,20). The van der Waals surface area contributed by atoms with Crippen LogP contribution in [0.1, 0.15) is 26.5 Å². The average Bonchev–Trinajstić information content (AvgIpc) is 2.85. The Labute approximate surface area is 111 Å². The number of carboxylic acids is 1. The van der Waals surface area contributed by atoms with Crippen LogP contribution in [0.3, 0.4) is 0 Å². The summed E-state index contributed by atoms with van der Waals surface area (Å²) in [5, 5.41) is 10.9. The van der Waals surface area contributed by atoms with Crippen LogP contribution in [0.5, 0.6) is 0 Å². The molecule has 104 valence electrons. The number of carbonyl (C=O) groups is 2. The highest BCUT2D eigenvalue weighted by Gasteiger charge is 2.21. The van der Waals surface area contributed by atoms with Crippen molar-refractivity contribution in [3.05, 3.63) is 47.0 Å². The largest absolute Gasteiger partial charge is 0.477 e. The van der Waals surface area contributed by atoms with Gasteiger partial charge in [0.15, 0.2) is 11.4 Å². The molecule has 0 radical (unpaired) electrons. The maximum atomic E-state index is 13.6. The summed E-state index contributed by atoms with van der Waals surface area (Å²) >= 11 is 0. The fourth-order valence-electron chi connectivity index (χ4n) is 1.55. The number of amides is 1. The van der Waals surface area contributed by atoms with E-state index >= 15 is 0 Å². The molecule has 0 saturated carbocycles. The molecule has 0 aliphatic carbocycles. The van der Waals surface area contributed by atoms with E-state index in [1.165, 1.54) is 6.92 Å². The summed E-state index contributed by atoms with van der Waals surface area (Å²) in [6.07, 6.45) is 1.02. The highest BCUT2D eigenvalue weighted by molar-refractivity contribution is 6.08. The van der Waals surface area contributed by atoms with Crippen LogP contribution in [-0.4, -0.2) is 27.0 Å². The first kappa shape index (κ1) is 13.7. The van der Waals surface area contributed by atoms with Gasteiger partial charge in [0.05, 0.1) is 12.0 Å². The molecule has 6 nitrogen and oxygen atoms in total. The first-order valence-corrected chi connectivity index (χ1v) is 5.44. The number of benzene rings is 1. The quantitative estimate of drug-likeness (QED) is 0.801. The number of nitrogens with one attached hydrogen (secondary N) is 2. The predicted octanol–water partition coefficient (Wildman–Crippen LogP) is 1.95. The molecule has 0 aliphatic heterocycles. The van der Waals surface area contributed by atoms with Gasteiger partial charge in [-0.05, 0) is 18.6 Å². The summed E-state index contributed by atoms with van der Waals surface area (Å²) in [6.45, 7) is 1.38. The van der Waals surface area contributed by atoms with Gasteiger partial charge in [-0.15, -0.1) is 0 Å². The van der Waals surface area contributed by atoms with E-state index in [1.807, 2.05) is 0 Å². The number of H-pyrrole nitrogens is 1. The van der Waals surface area contributed by atoms with Gasteiger partial charge in [-0.1, -0.05) is 0 Å². The number of carbonyl (C=O) groups excluding carboxylic acids is 1. The Bertz CT molecular complexity index is 697. The van der Waals surface area contributed by atoms with Crippen LogP contribution >= 0.6 is 0 Å². The second-order valence-corrected chi connectivity index (χ2v) is 3.97. The van der Waals surface area contributed by atoms with Gasteiger partial charge in [0.1, 0.15) is 11.6 Å². The van der Waals surface area contributed by atoms with E-state index in [4.69, 9.17) is 5.11 Å². The van der Waals surface area contributed by atoms with Gasteiger partial charge in [-0.3, -0.25) is 4.79 Å². The smallest absolute Gasteiger partial charge is 0.354 e. The van der Waals surface area contributed by atoms with Crippen molar-refractivity contribution in [2.75, 3.05) is 5.32 Å². The lowest BCUT2D eigenvalue weighted by atomic mass is 10.2. The summed E-state index contributed by atoms with van der Waals surface area (Å²) < 4.78 is 26.9. The van der Waals surface area contributed by atoms with Gasteiger partial charge in [0, 0.05) is 6.07 Å². The molecule has 2 aromatic rings. The number of hydrogen-bond donors (Lipinski definition) is 3. The van der Waals surface area contributed by atoms with Crippen LogP contribution in [0.25, 0.3) is 0 Å². The number of halogens is 2. The minimum Gasteiger partial charge on any atom is -0.477 e. The van der Waals surface area contributed by atoms with Crippen LogP contribution < -0.4 is 5.32 Å². The number of aryl methyl sites for hydroxylation is 1. The lowest BCUT2D eigenvalue weighted by Crippen LogP contribution is -2.17. The van der Waals surface area contributed by atoms with E-state index in [-0.39, 0.29) is 5.56 Å². The molecule has 20 heavy (non-hydrogen) atoms. The number of aromatic carboxylic acids is 1. The minimum absolute atomic E-state index is 0.0893. The number of rotatable bonds is 3. The average molecular weight is 281 g/mol. The monoisotopic (exact) mass is 281 g/mol. The molecule has 3 N–H and O–H groups in total. The van der Waals surface area contributed by atoms with Gasteiger partial charge in [0.2, 0.25) is 0 Å². The predicted molar refractivity (Wildman–Crippen MR) is 64.6 cm³/mol. The molecule has 0 spiro atoms. The van der Waals surface area contributed by atoms with Crippen molar-refractivity contribution in [1.29, 1.82) is 0 Å². The first-order chi connectivity index (χ1) is 9.40. The van der Waals surface area contributed by atoms with Crippen molar-refractivity contribution in [3.8, 4) is 0 Å². The summed E-state index contributed by atoms with van der Waals surface area (Å²) in [5.41, 5.74) is -1.16. The highest BCUT2D eigenvalue weighted by atomic mass is 19.1. The number of hydrogen-bond acceptors (Lipinski definition) is 3. The lowest BCUT2D eigenvalue weighted by Gasteiger charge is -2.07. The lowest BCUT2D eigenvalue weighted by molar-refractivity contribution is 0.0686. The number of carboxylic acid groups (broad SMARTS) is 1. The molecule has 0 atom stereocenters. The summed E-state index contributed by atoms with van der Waals surface area (Å²) in [6, 6.07) is 1.74. The van der Waals surface area contributed by atoms with Crippen LogP contribution in [0.4, 0.5) is 14.5 Å². The zero-order valence-electron chi connectivity index (χ0n) is 10.2. The first-order valence-electron chi connectivity index (χ1n) is 5.44. The van der Waals surface area contributed by atoms with Crippen molar-refractivity contribution in [1.82, 2.24) is 9.97 Å². The highest BCUT2D eigenvalue weighted by Crippen LogP contribution is 2.19. The van der Waals surface area contributed by atoms with E-state index in [0.29, 0.717) is 0 Å². The number of aromatic nitrogens is 2. The van der Waals surface area contributed by atoms with Crippen molar-refractivity contribution in [2.24, 2.45) is 0 Å². The second kappa shape index (κ2) is 5.08. The zero-order chi connectivity index (χ0) is 14.9. The van der Waals surface area contributed by atoms with Gasteiger partial charge >= 0.3 is 5.97 Å². The molecule has 0 unspecified atom stereocenters. The Morgan fingerprint density at radius 1 is 1.30 bits per heavy atom. The second-order valence-electron chi connectivity index (χ2n) is 3.97. The molecule has 8 heteroatoms. The summed E-state index contributed by atoms with van der Waals surface area (Å²) in [5.74, 6) is -3.86. The summed E-state index contributed by atoms with van der Waals surface area (Å²) in [7, 11) is 0. The molecule has 0 bridgehead atoms. The number of imidazole rings is 1. The molecule has 0 fully saturated rings. The van der Waals surface area contributed by atoms with Crippen molar-refractivity contribution in [3.63, 3.8) is 0 Å². The molecular formula is C12H9F2N3O3. The fraction of sp³-hybridized carbons (Fsp3) is 0.0833. The molecule has 1 amide bonds. The fourth-order valence-corrected chi connectivity index (χ4v) is 1.55. The van der Waals surface area contributed by atoms with E-state index in [0.717, 1.165) is 18.5 Å². The topological polar surface area (TPSA) is 95.1 Å². The number of anilines is 1. The normalized spacial score (nSPS) is 10.3. The van der Waals surface area contributed by atoms with E-state index < -0.39 is 40.6 Å². The van der Waals surface area contributed by atoms with Crippen LogP contribution in [0.15, 0.2) is 18.5 Å². The SMILES string of the molecule is Cc1cc(F)c(NC(=O)c2nc[nH]c2C(=O)O)cc1F. The Morgan fingerprint density at radius 3 is 2.65 bits per heavy atom. The Kier molecular flexibility index (Phi) is 3.47.